The molecular weight excluding hydrogens is 244 g/mol. The van der Waals surface area contributed by atoms with Crippen molar-refractivity contribution >= 4 is 28.0 Å². The number of methoxy groups -OCH3 is 1. The van der Waals surface area contributed by atoms with E-state index in [-0.39, 0.29) is 5.97 Å². The number of rotatable bonds is 2. The highest BCUT2D eigenvalue weighted by atomic mass is 79.9. The highest BCUT2D eigenvalue weighted by molar-refractivity contribution is 9.10. The number of benzene rings is 1. The first kappa shape index (κ1) is 11.0. The second-order valence-electron chi connectivity index (χ2n) is 2.87. The van der Waals surface area contributed by atoms with E-state index < -0.39 is 0 Å². The van der Waals surface area contributed by atoms with E-state index in [1.165, 1.54) is 13.2 Å². The van der Waals surface area contributed by atoms with E-state index in [1.807, 2.05) is 25.1 Å². The predicted molar refractivity (Wildman–Crippen MR) is 59.9 cm³/mol. The smallest absolute Gasteiger partial charge is 0.330 e. The maximum absolute atomic E-state index is 10.8. The van der Waals surface area contributed by atoms with Crippen LogP contribution in [0.3, 0.4) is 0 Å². The van der Waals surface area contributed by atoms with E-state index in [0.29, 0.717) is 0 Å². The van der Waals surface area contributed by atoms with Gasteiger partial charge in [0.25, 0.3) is 0 Å². The lowest BCUT2D eigenvalue weighted by Crippen LogP contribution is -1.93. The SMILES string of the molecule is COC(=O)/C=C/c1ccc(Br)c(C)c1. The van der Waals surface area contributed by atoms with Crippen LogP contribution in [0.1, 0.15) is 11.1 Å². The van der Waals surface area contributed by atoms with Gasteiger partial charge in [-0.25, -0.2) is 4.79 Å². The highest BCUT2D eigenvalue weighted by Crippen LogP contribution is 2.17. The van der Waals surface area contributed by atoms with Crippen molar-refractivity contribution in [1.29, 1.82) is 0 Å². The Bertz CT molecular complexity index is 370. The van der Waals surface area contributed by atoms with Crippen LogP contribution in [0, 0.1) is 6.92 Å². The van der Waals surface area contributed by atoms with Gasteiger partial charge >= 0.3 is 5.97 Å². The Morgan fingerprint density at radius 1 is 1.50 bits per heavy atom. The summed E-state index contributed by atoms with van der Waals surface area (Å²) in [5.74, 6) is -0.342. The third kappa shape index (κ3) is 3.00. The van der Waals surface area contributed by atoms with E-state index in [0.717, 1.165) is 15.6 Å². The average Bonchev–Trinajstić information content (AvgIpc) is 2.19. The van der Waals surface area contributed by atoms with Crippen LogP contribution < -0.4 is 0 Å². The molecule has 0 radical (unpaired) electrons. The maximum Gasteiger partial charge on any atom is 0.330 e. The molecule has 1 aromatic carbocycles. The summed E-state index contributed by atoms with van der Waals surface area (Å²) < 4.78 is 5.55. The van der Waals surface area contributed by atoms with Crippen molar-refractivity contribution < 1.29 is 9.53 Å². The van der Waals surface area contributed by atoms with Gasteiger partial charge < -0.3 is 4.74 Å². The van der Waals surface area contributed by atoms with Gasteiger partial charge in [0.15, 0.2) is 0 Å². The Labute approximate surface area is 91.7 Å². The van der Waals surface area contributed by atoms with Gasteiger partial charge in [0, 0.05) is 10.5 Å². The van der Waals surface area contributed by atoms with Crippen LogP contribution in [-0.4, -0.2) is 13.1 Å². The third-order valence-corrected chi connectivity index (χ3v) is 2.68. The molecule has 1 rings (SSSR count). The highest BCUT2D eigenvalue weighted by Gasteiger charge is 1.95. The van der Waals surface area contributed by atoms with Gasteiger partial charge in [0.05, 0.1) is 7.11 Å². The fraction of sp³-hybridized carbons (Fsp3) is 0.182. The van der Waals surface area contributed by atoms with Crippen molar-refractivity contribution in [3.05, 3.63) is 39.9 Å². The molecule has 0 saturated heterocycles. The van der Waals surface area contributed by atoms with Gasteiger partial charge in [0.2, 0.25) is 0 Å². The molecule has 0 saturated carbocycles. The van der Waals surface area contributed by atoms with E-state index in [2.05, 4.69) is 20.7 Å². The van der Waals surface area contributed by atoms with E-state index in [9.17, 15) is 4.79 Å². The molecule has 0 atom stereocenters. The second-order valence-corrected chi connectivity index (χ2v) is 3.72. The molecule has 0 unspecified atom stereocenters. The number of aryl methyl sites for hydroxylation is 1. The molecule has 0 heterocycles. The van der Waals surface area contributed by atoms with Gasteiger partial charge in [0.1, 0.15) is 0 Å². The average molecular weight is 255 g/mol. The number of esters is 1. The molecule has 0 fully saturated rings. The van der Waals surface area contributed by atoms with Crippen LogP contribution in [-0.2, 0) is 9.53 Å². The van der Waals surface area contributed by atoms with Gasteiger partial charge in [-0.15, -0.1) is 0 Å². The third-order valence-electron chi connectivity index (χ3n) is 1.80. The molecule has 0 aliphatic carbocycles. The first-order valence-corrected chi connectivity index (χ1v) is 4.95. The maximum atomic E-state index is 10.8. The number of hydrogen-bond donors (Lipinski definition) is 0. The van der Waals surface area contributed by atoms with Gasteiger partial charge in [-0.05, 0) is 30.2 Å². The Balaban J connectivity index is 2.83. The van der Waals surface area contributed by atoms with E-state index in [4.69, 9.17) is 0 Å². The fourth-order valence-corrected chi connectivity index (χ4v) is 1.25. The van der Waals surface area contributed by atoms with Crippen LogP contribution in [0.4, 0.5) is 0 Å². The van der Waals surface area contributed by atoms with Crippen molar-refractivity contribution in [1.82, 2.24) is 0 Å². The number of ether oxygens (including phenoxy) is 1. The first-order chi connectivity index (χ1) is 6.63. The summed E-state index contributed by atoms with van der Waals surface area (Å²) in [4.78, 5) is 10.8. The summed E-state index contributed by atoms with van der Waals surface area (Å²) in [5.41, 5.74) is 2.12. The summed E-state index contributed by atoms with van der Waals surface area (Å²) in [6.45, 7) is 2.00. The van der Waals surface area contributed by atoms with E-state index >= 15 is 0 Å². The molecule has 1 aromatic rings. The first-order valence-electron chi connectivity index (χ1n) is 4.15. The lowest BCUT2D eigenvalue weighted by atomic mass is 10.1. The molecule has 0 aliphatic rings. The minimum atomic E-state index is -0.342. The molecule has 2 nitrogen and oxygen atoms in total. The summed E-state index contributed by atoms with van der Waals surface area (Å²) in [6.07, 6.45) is 3.13. The Morgan fingerprint density at radius 2 is 2.21 bits per heavy atom. The van der Waals surface area contributed by atoms with Crippen LogP contribution in [0.2, 0.25) is 0 Å². The topological polar surface area (TPSA) is 26.3 Å². The molecule has 0 amide bonds. The van der Waals surface area contributed by atoms with Gasteiger partial charge in [-0.1, -0.05) is 28.1 Å². The van der Waals surface area contributed by atoms with Crippen molar-refractivity contribution in [2.45, 2.75) is 6.92 Å². The summed E-state index contributed by atoms with van der Waals surface area (Å²) in [6, 6.07) is 5.87. The summed E-state index contributed by atoms with van der Waals surface area (Å²) in [7, 11) is 1.36. The number of carbonyl (C=O) groups is 1. The molecule has 3 heteroatoms. The summed E-state index contributed by atoms with van der Waals surface area (Å²) in [5, 5.41) is 0. The van der Waals surface area contributed by atoms with Crippen molar-refractivity contribution in [2.75, 3.05) is 7.11 Å². The molecule has 0 aliphatic heterocycles. The number of carbonyl (C=O) groups excluding carboxylic acids is 1. The molecule has 0 bridgehead atoms. The quantitative estimate of drug-likeness (QED) is 0.600. The Kier molecular flexibility index (Phi) is 3.89. The second kappa shape index (κ2) is 4.96. The Hall–Kier alpha value is -1.09. The molecule has 0 N–H and O–H groups in total. The molecular formula is C11H11BrO2. The van der Waals surface area contributed by atoms with Crippen LogP contribution in [0.15, 0.2) is 28.7 Å². The lowest BCUT2D eigenvalue weighted by Gasteiger charge is -1.98. The summed E-state index contributed by atoms with van der Waals surface area (Å²) >= 11 is 3.41. The lowest BCUT2D eigenvalue weighted by molar-refractivity contribution is -0.134. The standard InChI is InChI=1S/C11H11BrO2/c1-8-7-9(3-5-10(8)12)4-6-11(13)14-2/h3-7H,1-2H3/b6-4+. The minimum absolute atomic E-state index is 0.342. The molecule has 14 heavy (non-hydrogen) atoms. The zero-order valence-electron chi connectivity index (χ0n) is 8.08. The Morgan fingerprint density at radius 3 is 2.79 bits per heavy atom. The zero-order valence-corrected chi connectivity index (χ0v) is 9.67. The van der Waals surface area contributed by atoms with Crippen LogP contribution >= 0.6 is 15.9 Å². The fourth-order valence-electron chi connectivity index (χ4n) is 1.00. The van der Waals surface area contributed by atoms with Crippen molar-refractivity contribution in [3.63, 3.8) is 0 Å². The zero-order chi connectivity index (χ0) is 10.6. The predicted octanol–water partition coefficient (Wildman–Crippen LogP) is 2.94. The van der Waals surface area contributed by atoms with Crippen molar-refractivity contribution in [3.8, 4) is 0 Å². The number of halogens is 1. The molecule has 0 aromatic heterocycles. The normalized spacial score (nSPS) is 10.5. The largest absolute Gasteiger partial charge is 0.466 e. The van der Waals surface area contributed by atoms with Crippen molar-refractivity contribution in [2.24, 2.45) is 0 Å². The van der Waals surface area contributed by atoms with Gasteiger partial charge in [-0.3, -0.25) is 0 Å². The van der Waals surface area contributed by atoms with Crippen LogP contribution in [0.25, 0.3) is 6.08 Å². The monoisotopic (exact) mass is 254 g/mol. The molecule has 0 spiro atoms. The van der Waals surface area contributed by atoms with Crippen LogP contribution in [0.5, 0.6) is 0 Å². The van der Waals surface area contributed by atoms with E-state index in [1.54, 1.807) is 6.08 Å². The van der Waals surface area contributed by atoms with Gasteiger partial charge in [-0.2, -0.15) is 0 Å². The molecule has 74 valence electrons. The number of hydrogen-bond acceptors (Lipinski definition) is 2. The minimum Gasteiger partial charge on any atom is -0.466 e.